The molecule has 0 bridgehead atoms. The van der Waals surface area contributed by atoms with Gasteiger partial charge in [-0.15, -0.1) is 0 Å². The first-order chi connectivity index (χ1) is 36.9. The van der Waals surface area contributed by atoms with E-state index in [-0.39, 0.29) is 52.8 Å². The molecule has 0 radical (unpaired) electrons. The molecule has 6 heterocycles. The molecule has 3 unspecified atom stereocenters. The van der Waals surface area contributed by atoms with Crippen molar-refractivity contribution in [3.8, 4) is 5.75 Å². The summed E-state index contributed by atoms with van der Waals surface area (Å²) < 4.78 is 33.1. The number of amides is 4. The average molecular weight is 1080 g/mol. The lowest BCUT2D eigenvalue weighted by molar-refractivity contribution is -0.143. The zero-order chi connectivity index (χ0) is 54.6. The van der Waals surface area contributed by atoms with E-state index in [9.17, 15) is 27.6 Å². The summed E-state index contributed by atoms with van der Waals surface area (Å²) in [6.07, 6.45) is 10.2. The Hall–Kier alpha value is -6.78. The van der Waals surface area contributed by atoms with Gasteiger partial charge < -0.3 is 40.7 Å². The Morgan fingerprint density at radius 2 is 1.62 bits per heavy atom. The number of rotatable bonds is 17. The summed E-state index contributed by atoms with van der Waals surface area (Å²) in [4.78, 5) is 81.7. The lowest BCUT2D eigenvalue weighted by Crippen LogP contribution is -2.59. The number of likely N-dealkylation sites (N-methyl/N-ethyl adjacent to an activating group) is 1. The van der Waals surface area contributed by atoms with Crippen molar-refractivity contribution in [2.45, 2.75) is 127 Å². The third-order valence-electron chi connectivity index (χ3n) is 15.9. The summed E-state index contributed by atoms with van der Waals surface area (Å²) in [5, 5.41) is 20.3. The molecule has 77 heavy (non-hydrogen) atoms. The Labute approximate surface area is 451 Å². The molecule has 22 heteroatoms. The van der Waals surface area contributed by atoms with E-state index >= 15 is 0 Å². The van der Waals surface area contributed by atoms with Crippen LogP contribution in [0.5, 0.6) is 5.75 Å². The minimum atomic E-state index is -3.84. The number of hydrogen-bond acceptors (Lipinski definition) is 16. The van der Waals surface area contributed by atoms with Gasteiger partial charge in [-0.2, -0.15) is 5.10 Å². The van der Waals surface area contributed by atoms with Crippen LogP contribution in [0.1, 0.15) is 111 Å². The number of piperidine rings is 1. The van der Waals surface area contributed by atoms with E-state index in [1.54, 1.807) is 69.1 Å². The molecule has 9 rings (SSSR count). The van der Waals surface area contributed by atoms with Gasteiger partial charge >= 0.3 is 0 Å². The first-order valence-electron chi connectivity index (χ1n) is 27.1. The number of carbonyl (C=O) groups excluding carboxylic acids is 4. The molecule has 2 aromatic carbocycles. The molecule has 0 spiro atoms. The number of carbonyl (C=O) groups is 4. The van der Waals surface area contributed by atoms with Crippen LogP contribution in [0.15, 0.2) is 60.0 Å². The summed E-state index contributed by atoms with van der Waals surface area (Å²) >= 11 is 0. The van der Waals surface area contributed by atoms with Gasteiger partial charge in [0.2, 0.25) is 23.7 Å². The molecule has 412 valence electrons. The monoisotopic (exact) mass is 1070 g/mol. The van der Waals surface area contributed by atoms with Gasteiger partial charge in [0.15, 0.2) is 15.7 Å². The second-order valence-electron chi connectivity index (χ2n) is 21.9. The van der Waals surface area contributed by atoms with E-state index in [0.717, 1.165) is 55.7 Å². The molecule has 4 amide bonds. The van der Waals surface area contributed by atoms with Crippen LogP contribution >= 0.6 is 0 Å². The fourth-order valence-corrected chi connectivity index (χ4v) is 12.1. The molecule has 3 fully saturated rings. The molecule has 1 aliphatic carbocycles. The lowest BCUT2D eigenvalue weighted by Gasteiger charge is -2.38. The minimum Gasteiger partial charge on any atom is -0.492 e. The molecule has 4 atom stereocenters. The zero-order valence-corrected chi connectivity index (χ0v) is 46.2. The number of aryl methyl sites for hydroxylation is 2. The van der Waals surface area contributed by atoms with Crippen LogP contribution in [0.4, 0.5) is 17.6 Å². The SMILES string of the molecule is CNC(C)C(=O)NC(C(=O)N1CCCC1C(=O)N[C@@H]1CCCc2ccccc21)C1CCN(C(=O)c2cnc(N3CCN(CCCOc4cc5ncnc(Nc6n[nH]c(C)c6C)c5cc4S(=O)(=O)C(C)(C)C)CC3)nc2)CC1. The maximum absolute atomic E-state index is 14.5. The number of aromatic amines is 1. The van der Waals surface area contributed by atoms with Gasteiger partial charge in [0.1, 0.15) is 34.9 Å². The van der Waals surface area contributed by atoms with Crippen LogP contribution in [0.3, 0.4) is 0 Å². The second-order valence-corrected chi connectivity index (χ2v) is 24.5. The topological polar surface area (TPSA) is 253 Å². The second kappa shape index (κ2) is 23.4. The third kappa shape index (κ3) is 12.0. The molecule has 0 saturated carbocycles. The summed E-state index contributed by atoms with van der Waals surface area (Å²) in [6, 6.07) is 9.35. The largest absolute Gasteiger partial charge is 0.492 e. The van der Waals surface area contributed by atoms with Crippen molar-refractivity contribution < 1.29 is 32.3 Å². The first-order valence-corrected chi connectivity index (χ1v) is 28.6. The normalized spacial score (nSPS) is 19.4. The van der Waals surface area contributed by atoms with Gasteiger partial charge in [0, 0.05) is 87.5 Å². The summed E-state index contributed by atoms with van der Waals surface area (Å²) in [6.45, 7) is 15.7. The number of sulfone groups is 1. The van der Waals surface area contributed by atoms with Crippen LogP contribution in [0.25, 0.3) is 10.9 Å². The number of likely N-dealkylation sites (tertiary alicyclic amines) is 2. The quantitative estimate of drug-likeness (QED) is 0.0785. The average Bonchev–Trinajstić information content (AvgIpc) is 4.08. The van der Waals surface area contributed by atoms with Gasteiger partial charge in [-0.05, 0) is 123 Å². The van der Waals surface area contributed by atoms with Crippen LogP contribution in [-0.4, -0.2) is 166 Å². The van der Waals surface area contributed by atoms with Crippen molar-refractivity contribution in [1.29, 1.82) is 0 Å². The van der Waals surface area contributed by atoms with Crippen LogP contribution in [0, 0.1) is 19.8 Å². The van der Waals surface area contributed by atoms with E-state index in [4.69, 9.17) is 4.74 Å². The van der Waals surface area contributed by atoms with E-state index < -0.39 is 32.7 Å². The maximum atomic E-state index is 14.5. The number of ether oxygens (including phenoxy) is 1. The van der Waals surface area contributed by atoms with Crippen molar-refractivity contribution in [1.82, 2.24) is 60.8 Å². The smallest absolute Gasteiger partial charge is 0.256 e. The first kappa shape index (κ1) is 55.0. The number of piperazine rings is 1. The third-order valence-corrected chi connectivity index (χ3v) is 18.4. The highest BCUT2D eigenvalue weighted by atomic mass is 32.2. The molecule has 21 nitrogen and oxygen atoms in total. The van der Waals surface area contributed by atoms with E-state index in [1.165, 1.54) is 11.9 Å². The summed E-state index contributed by atoms with van der Waals surface area (Å²) in [5.41, 5.74) is 5.11. The van der Waals surface area contributed by atoms with Crippen molar-refractivity contribution in [3.05, 3.63) is 83.1 Å². The van der Waals surface area contributed by atoms with Crippen molar-refractivity contribution in [2.75, 3.05) is 76.2 Å². The molecule has 3 saturated heterocycles. The Kier molecular flexibility index (Phi) is 16.7. The fourth-order valence-electron chi connectivity index (χ4n) is 10.8. The Balaban J connectivity index is 0.764. The highest BCUT2D eigenvalue weighted by Crippen LogP contribution is 2.38. The molecule has 5 aromatic rings. The van der Waals surface area contributed by atoms with Gasteiger partial charge in [0.05, 0.1) is 34.5 Å². The number of benzene rings is 2. The van der Waals surface area contributed by atoms with Gasteiger partial charge in [-0.3, -0.25) is 29.2 Å². The molecule has 4 aliphatic rings. The number of nitrogens with one attached hydrogen (secondary N) is 5. The summed E-state index contributed by atoms with van der Waals surface area (Å²) in [7, 11) is -2.14. The van der Waals surface area contributed by atoms with E-state index in [1.807, 2.05) is 26.0 Å². The van der Waals surface area contributed by atoms with Crippen LogP contribution in [-0.2, 0) is 30.6 Å². The highest BCUT2D eigenvalue weighted by Gasteiger charge is 2.43. The standard InChI is InChI=1S/C55H74N14O7S/c1-34-35(2)64-65-48(34)63-49-41-29-46(77(74,75)55(4,5)6)45(30-43(41)59-33-60-49)76-28-12-20-66-24-26-68(27-25-66)54-57-31-39(32-58-54)52(72)67-22-18-38(19-23-67)47(62-50(70)36(3)56-7)53(73)69-21-11-17-44(69)51(71)61-42-16-10-14-37-13-8-9-15-40(37)42/h8-9,13,15,29-33,36,38,42,44,47,56H,10-12,14,16-28H2,1-7H3,(H,61,71)(H,62,70)(H2,59,60,63,64,65)/t36?,42-,44?,47?/m1/s1. The van der Waals surface area contributed by atoms with Gasteiger partial charge in [-0.25, -0.2) is 28.4 Å². The minimum absolute atomic E-state index is 0.0757. The maximum Gasteiger partial charge on any atom is 0.256 e. The van der Waals surface area contributed by atoms with E-state index in [2.05, 4.69) is 73.3 Å². The number of anilines is 3. The highest BCUT2D eigenvalue weighted by molar-refractivity contribution is 7.92. The number of hydrogen-bond donors (Lipinski definition) is 5. The number of nitrogens with zero attached hydrogens (tertiary/aromatic N) is 9. The Bertz CT molecular complexity index is 3060. The number of H-pyrrole nitrogens is 1. The predicted molar refractivity (Wildman–Crippen MR) is 293 cm³/mol. The predicted octanol–water partition coefficient (Wildman–Crippen LogP) is 4.80. The van der Waals surface area contributed by atoms with Crippen LogP contribution < -0.4 is 30.9 Å². The van der Waals surface area contributed by atoms with Gasteiger partial charge in [0.25, 0.3) is 5.91 Å². The number of aromatic nitrogens is 6. The zero-order valence-electron chi connectivity index (χ0n) is 45.4. The number of fused-ring (bicyclic) bond motifs is 2. The molecule has 3 aliphatic heterocycles. The lowest BCUT2D eigenvalue weighted by atomic mass is 9.87. The molecule has 5 N–H and O–H groups in total. The molecular formula is C55H74N14O7S. The van der Waals surface area contributed by atoms with Crippen molar-refractivity contribution in [3.63, 3.8) is 0 Å². The van der Waals surface area contributed by atoms with Crippen molar-refractivity contribution in [2.24, 2.45) is 5.92 Å². The fraction of sp³-hybridized carbons (Fsp3) is 0.545. The Morgan fingerprint density at radius 3 is 2.32 bits per heavy atom. The molecule has 3 aromatic heterocycles. The molecular weight excluding hydrogens is 1000 g/mol. The summed E-state index contributed by atoms with van der Waals surface area (Å²) in [5.74, 6) is 0.643. The van der Waals surface area contributed by atoms with Gasteiger partial charge in [-0.1, -0.05) is 24.3 Å². The van der Waals surface area contributed by atoms with E-state index in [0.29, 0.717) is 98.9 Å². The Morgan fingerprint density at radius 1 is 0.883 bits per heavy atom. The van der Waals surface area contributed by atoms with Crippen LogP contribution in [0.2, 0.25) is 0 Å². The van der Waals surface area contributed by atoms with Crippen molar-refractivity contribution >= 4 is 62.0 Å².